The number of benzene rings is 3. The van der Waals surface area contributed by atoms with E-state index in [4.69, 9.17) is 9.47 Å². The van der Waals surface area contributed by atoms with Crippen molar-refractivity contribution in [1.82, 2.24) is 25.5 Å². The molecule has 2 aliphatic heterocycles. The number of amides is 2. The number of carbonyl (C=O) groups excluding carboxylic acids is 1. The third-order valence-electron chi connectivity index (χ3n) is 8.28. The van der Waals surface area contributed by atoms with Crippen molar-refractivity contribution in [3.63, 3.8) is 0 Å². The number of urea groups is 1. The highest BCUT2D eigenvalue weighted by atomic mass is 16.7. The number of aliphatic hydroxyl groups is 1. The molecular formula is C35H40N6O4. The smallest absolute Gasteiger partial charge is 0.315 e. The molecule has 3 heterocycles. The van der Waals surface area contributed by atoms with Crippen LogP contribution in [0, 0.1) is 0 Å². The second-order valence-corrected chi connectivity index (χ2v) is 11.4. The predicted molar refractivity (Wildman–Crippen MR) is 171 cm³/mol. The molecule has 0 radical (unpaired) electrons. The van der Waals surface area contributed by atoms with Crippen LogP contribution in [0.2, 0.25) is 0 Å². The van der Waals surface area contributed by atoms with Crippen molar-refractivity contribution in [2.75, 3.05) is 37.6 Å². The van der Waals surface area contributed by atoms with E-state index in [0.717, 1.165) is 72.9 Å². The molecule has 2 aliphatic rings. The number of rotatable bonds is 10. The highest BCUT2D eigenvalue weighted by Gasteiger charge is 2.34. The van der Waals surface area contributed by atoms with Gasteiger partial charge >= 0.3 is 6.03 Å². The minimum absolute atomic E-state index is 0.00998. The average Bonchev–Trinajstić information content (AvgIpc) is 3.11. The van der Waals surface area contributed by atoms with Crippen LogP contribution in [0.4, 0.5) is 10.7 Å². The summed E-state index contributed by atoms with van der Waals surface area (Å²) in [5.41, 5.74) is 4.91. The minimum atomic E-state index is -0.526. The Kier molecular flexibility index (Phi) is 10.3. The molecule has 0 spiro atoms. The highest BCUT2D eigenvalue weighted by molar-refractivity contribution is 5.73. The number of nitrogens with one attached hydrogen (secondary N) is 2. The molecule has 2 fully saturated rings. The third kappa shape index (κ3) is 8.43. The second-order valence-electron chi connectivity index (χ2n) is 11.4. The van der Waals surface area contributed by atoms with E-state index in [1.807, 2.05) is 84.9 Å². The van der Waals surface area contributed by atoms with Crippen LogP contribution in [-0.4, -0.2) is 64.8 Å². The number of hydrogen-bond donors (Lipinski definition) is 3. The van der Waals surface area contributed by atoms with Crippen molar-refractivity contribution >= 4 is 12.0 Å². The first kappa shape index (κ1) is 30.7. The zero-order valence-electron chi connectivity index (χ0n) is 25.3. The van der Waals surface area contributed by atoms with Crippen LogP contribution in [0.5, 0.6) is 0 Å². The minimum Gasteiger partial charge on any atom is -0.392 e. The Morgan fingerprint density at radius 2 is 1.38 bits per heavy atom. The molecule has 10 nitrogen and oxygen atoms in total. The first-order valence-electron chi connectivity index (χ1n) is 15.5. The number of piperazine rings is 1. The lowest BCUT2D eigenvalue weighted by Crippen LogP contribution is -2.50. The van der Waals surface area contributed by atoms with Gasteiger partial charge in [0, 0.05) is 70.2 Å². The van der Waals surface area contributed by atoms with Gasteiger partial charge in [-0.25, -0.2) is 14.8 Å². The summed E-state index contributed by atoms with van der Waals surface area (Å²) in [6, 6.07) is 27.4. The summed E-state index contributed by atoms with van der Waals surface area (Å²) in [5.74, 6) is 0.775. The number of nitrogens with zero attached hydrogens (tertiary/aromatic N) is 4. The number of anilines is 1. The quantitative estimate of drug-likeness (QED) is 0.244. The first-order chi connectivity index (χ1) is 22.1. The van der Waals surface area contributed by atoms with E-state index in [2.05, 4.69) is 30.4 Å². The monoisotopic (exact) mass is 608 g/mol. The normalized spacial score (nSPS) is 20.5. The van der Waals surface area contributed by atoms with E-state index in [1.54, 1.807) is 12.4 Å². The van der Waals surface area contributed by atoms with Gasteiger partial charge in [0.25, 0.3) is 0 Å². The van der Waals surface area contributed by atoms with Crippen LogP contribution in [0.15, 0.2) is 97.3 Å². The summed E-state index contributed by atoms with van der Waals surface area (Å²) < 4.78 is 13.1. The number of ether oxygens (including phenoxy) is 2. The van der Waals surface area contributed by atoms with E-state index in [9.17, 15) is 9.90 Å². The van der Waals surface area contributed by atoms with Crippen LogP contribution in [0.3, 0.4) is 0 Å². The fourth-order valence-electron chi connectivity index (χ4n) is 5.72. The molecule has 1 aromatic heterocycles. The Balaban J connectivity index is 1.07. The van der Waals surface area contributed by atoms with E-state index < -0.39 is 6.29 Å². The van der Waals surface area contributed by atoms with Crippen molar-refractivity contribution in [2.45, 2.75) is 44.6 Å². The largest absolute Gasteiger partial charge is 0.392 e. The Morgan fingerprint density at radius 1 is 0.756 bits per heavy atom. The average molecular weight is 609 g/mol. The van der Waals surface area contributed by atoms with E-state index in [0.29, 0.717) is 13.1 Å². The molecule has 3 aromatic carbocycles. The molecule has 6 rings (SSSR count). The lowest BCUT2D eigenvalue weighted by atomic mass is 9.99. The van der Waals surface area contributed by atoms with E-state index in [-0.39, 0.29) is 24.8 Å². The Bertz CT molecular complexity index is 1480. The van der Waals surface area contributed by atoms with Crippen molar-refractivity contribution in [2.24, 2.45) is 0 Å². The lowest BCUT2D eigenvalue weighted by Gasteiger charge is -2.40. The number of hydrogen-bond acceptors (Lipinski definition) is 8. The third-order valence-corrected chi connectivity index (χ3v) is 8.28. The molecular weight excluding hydrogens is 568 g/mol. The SMILES string of the molecule is O=C(NCc1ccccc1)NCc1ccc([C@@H]2O[C@H](CN3CCN(c4ncccn4)CC3)C[C@H](c3ccc(CO)cc3)O2)cc1. The van der Waals surface area contributed by atoms with Crippen LogP contribution >= 0.6 is 0 Å². The van der Waals surface area contributed by atoms with Gasteiger partial charge < -0.3 is 30.1 Å². The van der Waals surface area contributed by atoms with Gasteiger partial charge in [-0.3, -0.25) is 4.90 Å². The summed E-state index contributed by atoms with van der Waals surface area (Å²) in [4.78, 5) is 25.8. The maximum Gasteiger partial charge on any atom is 0.315 e. The number of aliphatic hydroxyl groups excluding tert-OH is 1. The predicted octanol–water partition coefficient (Wildman–Crippen LogP) is 4.34. The van der Waals surface area contributed by atoms with Crippen molar-refractivity contribution in [3.8, 4) is 0 Å². The van der Waals surface area contributed by atoms with Gasteiger partial charge in [0.1, 0.15) is 0 Å². The summed E-state index contributed by atoms with van der Waals surface area (Å²) in [7, 11) is 0. The second kappa shape index (κ2) is 15.1. The number of carbonyl (C=O) groups is 1. The maximum atomic E-state index is 12.3. The molecule has 2 amide bonds. The highest BCUT2D eigenvalue weighted by Crippen LogP contribution is 2.38. The molecule has 234 valence electrons. The van der Waals surface area contributed by atoms with Crippen LogP contribution in [-0.2, 0) is 29.2 Å². The molecule has 4 aromatic rings. The van der Waals surface area contributed by atoms with E-state index in [1.165, 1.54) is 0 Å². The summed E-state index contributed by atoms with van der Waals surface area (Å²) in [5, 5.41) is 15.3. The van der Waals surface area contributed by atoms with Crippen molar-refractivity contribution in [1.29, 1.82) is 0 Å². The van der Waals surface area contributed by atoms with Gasteiger partial charge in [-0.2, -0.15) is 0 Å². The maximum absolute atomic E-state index is 12.3. The van der Waals surface area contributed by atoms with Gasteiger partial charge in [0.2, 0.25) is 5.95 Å². The van der Waals surface area contributed by atoms with Crippen LogP contribution in [0.1, 0.15) is 46.6 Å². The van der Waals surface area contributed by atoms with Crippen molar-refractivity contribution < 1.29 is 19.4 Å². The molecule has 0 unspecified atom stereocenters. The molecule has 0 bridgehead atoms. The molecule has 3 atom stereocenters. The van der Waals surface area contributed by atoms with Crippen LogP contribution in [0.25, 0.3) is 0 Å². The van der Waals surface area contributed by atoms with Gasteiger partial charge in [0.15, 0.2) is 6.29 Å². The molecule has 0 aliphatic carbocycles. The zero-order valence-corrected chi connectivity index (χ0v) is 25.3. The standard InChI is InChI=1S/C35H40N6O4/c42-25-28-9-11-29(12-10-28)32-21-31(24-40-17-19-41(20-18-40)34-36-15-4-16-37-34)44-33(45-32)30-13-7-27(8-14-30)23-39-35(43)38-22-26-5-2-1-3-6-26/h1-16,31-33,42H,17-25H2,(H2,38,39,43)/t31-,32+,33+/m0/s1. The Labute approximate surface area is 264 Å². The fourth-order valence-corrected chi connectivity index (χ4v) is 5.72. The van der Waals surface area contributed by atoms with Crippen molar-refractivity contribution in [3.05, 3.63) is 125 Å². The van der Waals surface area contributed by atoms with Gasteiger partial charge in [-0.05, 0) is 28.3 Å². The molecule has 3 N–H and O–H groups in total. The summed E-state index contributed by atoms with van der Waals surface area (Å²) in [6.07, 6.45) is 3.60. The summed E-state index contributed by atoms with van der Waals surface area (Å²) >= 11 is 0. The molecule has 45 heavy (non-hydrogen) atoms. The Hall–Kier alpha value is -4.35. The zero-order chi connectivity index (χ0) is 30.8. The van der Waals surface area contributed by atoms with E-state index >= 15 is 0 Å². The topological polar surface area (TPSA) is 112 Å². The number of aromatic nitrogens is 2. The first-order valence-corrected chi connectivity index (χ1v) is 15.5. The summed E-state index contributed by atoms with van der Waals surface area (Å²) in [6.45, 7) is 5.23. The molecule has 2 saturated heterocycles. The lowest BCUT2D eigenvalue weighted by molar-refractivity contribution is -0.253. The van der Waals surface area contributed by atoms with Gasteiger partial charge in [-0.15, -0.1) is 0 Å². The Morgan fingerprint density at radius 3 is 2.04 bits per heavy atom. The molecule has 10 heteroatoms. The van der Waals surface area contributed by atoms with Crippen LogP contribution < -0.4 is 15.5 Å². The van der Waals surface area contributed by atoms with Gasteiger partial charge in [0.05, 0.1) is 18.8 Å². The fraction of sp³-hybridized carbons (Fsp3) is 0.343. The molecule has 0 saturated carbocycles. The van der Waals surface area contributed by atoms with Gasteiger partial charge in [-0.1, -0.05) is 78.9 Å².